The molecule has 0 saturated carbocycles. The number of aromatic nitrogens is 2. The third-order valence-electron chi connectivity index (χ3n) is 2.49. The Kier molecular flexibility index (Phi) is 3.82. The monoisotopic (exact) mass is 330 g/mol. The fraction of sp³-hybridized carbons (Fsp3) is 0.167. The van der Waals surface area contributed by atoms with Gasteiger partial charge in [0.1, 0.15) is 10.3 Å². The second kappa shape index (κ2) is 5.20. The molecule has 94 valence electrons. The number of benzene rings is 1. The molecule has 0 radical (unpaired) electrons. The summed E-state index contributed by atoms with van der Waals surface area (Å²) in [6.45, 7) is 2.04. The largest absolute Gasteiger partial charge is 0.294 e. The van der Waals surface area contributed by atoms with Crippen LogP contribution in [0.15, 0.2) is 33.8 Å². The van der Waals surface area contributed by atoms with Gasteiger partial charge < -0.3 is 0 Å². The molecule has 2 aromatic rings. The van der Waals surface area contributed by atoms with Crippen molar-refractivity contribution in [2.24, 2.45) is 0 Å². The van der Waals surface area contributed by atoms with E-state index < -0.39 is 5.82 Å². The van der Waals surface area contributed by atoms with Gasteiger partial charge in [-0.2, -0.15) is 0 Å². The summed E-state index contributed by atoms with van der Waals surface area (Å²) in [6, 6.07) is 4.36. The molecule has 1 aromatic carbocycles. The fourth-order valence-electron chi connectivity index (χ4n) is 1.49. The first-order valence-corrected chi connectivity index (χ1v) is 6.31. The SMILES string of the molecule is Cc1ncn(Cc2ccc(F)c(Cl)c2)c(=O)c1Br. The first-order chi connectivity index (χ1) is 8.49. The average molecular weight is 332 g/mol. The molecule has 0 atom stereocenters. The molecule has 1 heterocycles. The van der Waals surface area contributed by atoms with E-state index in [1.165, 1.54) is 23.0 Å². The smallest absolute Gasteiger partial charge is 0.268 e. The average Bonchev–Trinajstić information content (AvgIpc) is 2.34. The molecule has 0 aliphatic rings. The Morgan fingerprint density at radius 2 is 2.22 bits per heavy atom. The number of hydrogen-bond acceptors (Lipinski definition) is 2. The minimum absolute atomic E-state index is 0.0414. The van der Waals surface area contributed by atoms with Crippen LogP contribution in [0.5, 0.6) is 0 Å². The molecule has 2 rings (SSSR count). The van der Waals surface area contributed by atoms with E-state index in [0.717, 1.165) is 5.56 Å². The van der Waals surface area contributed by atoms with Gasteiger partial charge in [-0.1, -0.05) is 17.7 Å². The second-order valence-electron chi connectivity index (χ2n) is 3.83. The zero-order valence-corrected chi connectivity index (χ0v) is 11.8. The molecular weight excluding hydrogens is 322 g/mol. The lowest BCUT2D eigenvalue weighted by atomic mass is 10.2. The maximum atomic E-state index is 13.0. The number of hydrogen-bond donors (Lipinski definition) is 0. The highest BCUT2D eigenvalue weighted by atomic mass is 79.9. The molecule has 0 aliphatic carbocycles. The normalized spacial score (nSPS) is 10.7. The van der Waals surface area contributed by atoms with Crippen molar-refractivity contribution in [1.29, 1.82) is 0 Å². The lowest BCUT2D eigenvalue weighted by molar-refractivity contribution is 0.626. The lowest BCUT2D eigenvalue weighted by Gasteiger charge is -2.07. The molecule has 0 spiro atoms. The third kappa shape index (κ3) is 2.62. The van der Waals surface area contributed by atoms with Gasteiger partial charge in [0.15, 0.2) is 0 Å². The van der Waals surface area contributed by atoms with Gasteiger partial charge in [0.2, 0.25) is 0 Å². The van der Waals surface area contributed by atoms with Crippen molar-refractivity contribution in [3.05, 3.63) is 61.5 Å². The van der Waals surface area contributed by atoms with Gasteiger partial charge in [-0.25, -0.2) is 9.37 Å². The number of aryl methyl sites for hydroxylation is 1. The van der Waals surface area contributed by atoms with Gasteiger partial charge in [0.25, 0.3) is 5.56 Å². The molecule has 1 aromatic heterocycles. The van der Waals surface area contributed by atoms with Crippen molar-refractivity contribution in [2.75, 3.05) is 0 Å². The maximum absolute atomic E-state index is 13.0. The number of halogens is 3. The molecule has 0 amide bonds. The minimum Gasteiger partial charge on any atom is -0.294 e. The van der Waals surface area contributed by atoms with E-state index in [1.807, 2.05) is 0 Å². The molecule has 0 fully saturated rings. The molecule has 0 bridgehead atoms. The van der Waals surface area contributed by atoms with Crippen LogP contribution in [0.3, 0.4) is 0 Å². The Labute approximate surface area is 116 Å². The summed E-state index contributed by atoms with van der Waals surface area (Å²) < 4.78 is 14.9. The van der Waals surface area contributed by atoms with E-state index in [9.17, 15) is 9.18 Å². The molecule has 3 nitrogen and oxygen atoms in total. The summed E-state index contributed by atoms with van der Waals surface area (Å²) >= 11 is 8.88. The van der Waals surface area contributed by atoms with Crippen LogP contribution in [-0.2, 0) is 6.54 Å². The summed E-state index contributed by atoms with van der Waals surface area (Å²) in [5, 5.41) is 0.0414. The quantitative estimate of drug-likeness (QED) is 0.847. The summed E-state index contributed by atoms with van der Waals surface area (Å²) in [4.78, 5) is 16.0. The van der Waals surface area contributed by atoms with E-state index in [4.69, 9.17) is 11.6 Å². The Morgan fingerprint density at radius 1 is 1.50 bits per heavy atom. The zero-order valence-electron chi connectivity index (χ0n) is 9.45. The number of rotatable bonds is 2. The van der Waals surface area contributed by atoms with Gasteiger partial charge in [0.05, 0.1) is 23.6 Å². The van der Waals surface area contributed by atoms with E-state index in [1.54, 1.807) is 13.0 Å². The van der Waals surface area contributed by atoms with Crippen molar-refractivity contribution in [3.8, 4) is 0 Å². The van der Waals surface area contributed by atoms with Crippen LogP contribution in [0.25, 0.3) is 0 Å². The molecule has 0 aliphatic heterocycles. The fourth-order valence-corrected chi connectivity index (χ4v) is 2.03. The van der Waals surface area contributed by atoms with Crippen LogP contribution in [-0.4, -0.2) is 9.55 Å². The summed E-state index contributed by atoms with van der Waals surface area (Å²) in [5.74, 6) is -0.476. The predicted octanol–water partition coefficient (Wildman–Crippen LogP) is 3.16. The molecule has 0 N–H and O–H groups in total. The van der Waals surface area contributed by atoms with Crippen molar-refractivity contribution in [3.63, 3.8) is 0 Å². The van der Waals surface area contributed by atoms with Crippen LogP contribution in [0.4, 0.5) is 4.39 Å². The van der Waals surface area contributed by atoms with Crippen LogP contribution in [0.1, 0.15) is 11.3 Å². The highest BCUT2D eigenvalue weighted by Gasteiger charge is 2.07. The van der Waals surface area contributed by atoms with Crippen molar-refractivity contribution in [2.45, 2.75) is 13.5 Å². The lowest BCUT2D eigenvalue weighted by Crippen LogP contribution is -2.22. The van der Waals surface area contributed by atoms with Gasteiger partial charge in [0, 0.05) is 0 Å². The van der Waals surface area contributed by atoms with Gasteiger partial charge in [-0.05, 0) is 40.5 Å². The van der Waals surface area contributed by atoms with E-state index in [0.29, 0.717) is 16.7 Å². The summed E-state index contributed by atoms with van der Waals surface area (Å²) in [5.41, 5.74) is 1.19. The Morgan fingerprint density at radius 3 is 2.89 bits per heavy atom. The highest BCUT2D eigenvalue weighted by molar-refractivity contribution is 9.10. The summed E-state index contributed by atoms with van der Waals surface area (Å²) in [6.07, 6.45) is 1.46. The molecular formula is C12H9BrClFN2O. The first-order valence-electron chi connectivity index (χ1n) is 5.14. The Balaban J connectivity index is 2.37. The van der Waals surface area contributed by atoms with Crippen molar-refractivity contribution in [1.82, 2.24) is 9.55 Å². The second-order valence-corrected chi connectivity index (χ2v) is 5.03. The maximum Gasteiger partial charge on any atom is 0.268 e. The van der Waals surface area contributed by atoms with Gasteiger partial charge >= 0.3 is 0 Å². The van der Waals surface area contributed by atoms with Crippen molar-refractivity contribution >= 4 is 27.5 Å². The topological polar surface area (TPSA) is 34.9 Å². The molecule has 6 heteroatoms. The Bertz CT molecular complexity index is 657. The van der Waals surface area contributed by atoms with Crippen LogP contribution in [0.2, 0.25) is 5.02 Å². The van der Waals surface area contributed by atoms with E-state index in [-0.39, 0.29) is 10.6 Å². The number of nitrogens with zero attached hydrogens (tertiary/aromatic N) is 2. The van der Waals surface area contributed by atoms with E-state index in [2.05, 4.69) is 20.9 Å². The molecule has 18 heavy (non-hydrogen) atoms. The summed E-state index contributed by atoms with van der Waals surface area (Å²) in [7, 11) is 0. The van der Waals surface area contributed by atoms with Crippen molar-refractivity contribution < 1.29 is 4.39 Å². The molecule has 0 saturated heterocycles. The minimum atomic E-state index is -0.476. The van der Waals surface area contributed by atoms with Crippen LogP contribution < -0.4 is 5.56 Å². The predicted molar refractivity (Wildman–Crippen MR) is 71.4 cm³/mol. The van der Waals surface area contributed by atoms with Gasteiger partial charge in [-0.3, -0.25) is 9.36 Å². The van der Waals surface area contributed by atoms with Gasteiger partial charge in [-0.15, -0.1) is 0 Å². The van der Waals surface area contributed by atoms with E-state index >= 15 is 0 Å². The standard InChI is InChI=1S/C12H9BrClFN2O/c1-7-11(13)12(18)17(6-16-7)5-8-2-3-10(15)9(14)4-8/h2-4,6H,5H2,1H3. The van der Waals surface area contributed by atoms with Crippen LogP contribution >= 0.6 is 27.5 Å². The third-order valence-corrected chi connectivity index (χ3v) is 3.70. The van der Waals surface area contributed by atoms with Crippen LogP contribution in [0, 0.1) is 12.7 Å². The molecule has 0 unspecified atom stereocenters. The zero-order chi connectivity index (χ0) is 13.3. The Hall–Kier alpha value is -1.20. The first kappa shape index (κ1) is 13.2. The highest BCUT2D eigenvalue weighted by Crippen LogP contribution is 2.16.